The molecule has 0 fully saturated rings. The van der Waals surface area contributed by atoms with Crippen LogP contribution in [0.1, 0.15) is 21.5 Å². The SMILES string of the molecule is Cc1cccc(C(=O)Cc2c(F)cccc2Cl)c1I. The molecule has 0 saturated heterocycles. The maximum Gasteiger partial charge on any atom is 0.168 e. The van der Waals surface area contributed by atoms with Crippen molar-refractivity contribution in [3.8, 4) is 0 Å². The minimum Gasteiger partial charge on any atom is -0.294 e. The number of Topliss-reactive ketones (excluding diaryl/α,β-unsaturated/α-hetero) is 1. The third-order valence-corrected chi connectivity index (χ3v) is 4.68. The molecule has 0 spiro atoms. The molecule has 0 amide bonds. The zero-order chi connectivity index (χ0) is 14.0. The molecule has 0 saturated carbocycles. The largest absolute Gasteiger partial charge is 0.294 e. The fourth-order valence-corrected chi connectivity index (χ4v) is 2.71. The molecule has 19 heavy (non-hydrogen) atoms. The molecule has 0 aliphatic rings. The number of carbonyl (C=O) groups is 1. The quantitative estimate of drug-likeness (QED) is 0.544. The van der Waals surface area contributed by atoms with Crippen molar-refractivity contribution in [2.24, 2.45) is 0 Å². The lowest BCUT2D eigenvalue weighted by Gasteiger charge is -2.08. The number of aryl methyl sites for hydroxylation is 1. The monoisotopic (exact) mass is 388 g/mol. The van der Waals surface area contributed by atoms with Crippen molar-refractivity contribution in [2.75, 3.05) is 0 Å². The predicted octanol–water partition coefficient (Wildman–Crippen LogP) is 4.82. The first-order chi connectivity index (χ1) is 9.00. The number of hydrogen-bond donors (Lipinski definition) is 0. The number of hydrogen-bond acceptors (Lipinski definition) is 1. The van der Waals surface area contributed by atoms with E-state index in [9.17, 15) is 9.18 Å². The Morgan fingerprint density at radius 2 is 1.95 bits per heavy atom. The summed E-state index contributed by atoms with van der Waals surface area (Å²) in [6.07, 6.45) is -0.0229. The lowest BCUT2D eigenvalue weighted by molar-refractivity contribution is 0.0991. The van der Waals surface area contributed by atoms with Crippen LogP contribution < -0.4 is 0 Å². The highest BCUT2D eigenvalue weighted by Crippen LogP contribution is 2.23. The van der Waals surface area contributed by atoms with Gasteiger partial charge in [-0.2, -0.15) is 0 Å². The third-order valence-electron chi connectivity index (χ3n) is 2.89. The minimum atomic E-state index is -0.441. The van der Waals surface area contributed by atoms with Gasteiger partial charge in [0.25, 0.3) is 0 Å². The Morgan fingerprint density at radius 1 is 1.26 bits per heavy atom. The lowest BCUT2D eigenvalue weighted by atomic mass is 10.0. The van der Waals surface area contributed by atoms with E-state index >= 15 is 0 Å². The molecule has 0 atom stereocenters. The van der Waals surface area contributed by atoms with Gasteiger partial charge >= 0.3 is 0 Å². The normalized spacial score (nSPS) is 10.5. The Hall–Kier alpha value is -0.940. The van der Waals surface area contributed by atoms with Crippen LogP contribution in [0.15, 0.2) is 36.4 Å². The summed E-state index contributed by atoms with van der Waals surface area (Å²) in [6, 6.07) is 9.96. The van der Waals surface area contributed by atoms with Gasteiger partial charge < -0.3 is 0 Å². The summed E-state index contributed by atoms with van der Waals surface area (Å²) >= 11 is 8.07. The topological polar surface area (TPSA) is 17.1 Å². The smallest absolute Gasteiger partial charge is 0.168 e. The second kappa shape index (κ2) is 6.01. The number of rotatable bonds is 3. The molecule has 2 aromatic carbocycles. The highest BCUT2D eigenvalue weighted by molar-refractivity contribution is 14.1. The van der Waals surface area contributed by atoms with Crippen LogP contribution in [0.25, 0.3) is 0 Å². The molecule has 2 rings (SSSR count). The summed E-state index contributed by atoms with van der Waals surface area (Å²) in [4.78, 5) is 12.3. The van der Waals surface area contributed by atoms with Crippen molar-refractivity contribution in [1.29, 1.82) is 0 Å². The van der Waals surface area contributed by atoms with E-state index in [1.165, 1.54) is 12.1 Å². The van der Waals surface area contributed by atoms with Gasteiger partial charge in [0, 0.05) is 26.1 Å². The van der Waals surface area contributed by atoms with E-state index in [0.29, 0.717) is 5.56 Å². The summed E-state index contributed by atoms with van der Waals surface area (Å²) in [7, 11) is 0. The zero-order valence-electron chi connectivity index (χ0n) is 10.2. The first-order valence-corrected chi connectivity index (χ1v) is 7.17. The number of halogens is 3. The maximum absolute atomic E-state index is 13.7. The fourth-order valence-electron chi connectivity index (χ4n) is 1.82. The Morgan fingerprint density at radius 3 is 2.63 bits per heavy atom. The van der Waals surface area contributed by atoms with E-state index < -0.39 is 5.82 Å². The van der Waals surface area contributed by atoms with Gasteiger partial charge in [0.15, 0.2) is 5.78 Å². The van der Waals surface area contributed by atoms with Crippen LogP contribution in [-0.2, 0) is 6.42 Å². The summed E-state index contributed by atoms with van der Waals surface area (Å²) in [6.45, 7) is 1.94. The molecule has 0 aliphatic carbocycles. The Labute approximate surface area is 129 Å². The van der Waals surface area contributed by atoms with Crippen LogP contribution in [0, 0.1) is 16.3 Å². The Kier molecular flexibility index (Phi) is 4.58. The van der Waals surface area contributed by atoms with E-state index in [1.54, 1.807) is 12.1 Å². The van der Waals surface area contributed by atoms with Crippen molar-refractivity contribution < 1.29 is 9.18 Å². The maximum atomic E-state index is 13.7. The molecular weight excluding hydrogens is 378 g/mol. The van der Waals surface area contributed by atoms with Crippen LogP contribution in [0.2, 0.25) is 5.02 Å². The van der Waals surface area contributed by atoms with Gasteiger partial charge in [0.2, 0.25) is 0 Å². The zero-order valence-corrected chi connectivity index (χ0v) is 13.1. The number of benzene rings is 2. The van der Waals surface area contributed by atoms with Crippen LogP contribution in [0.5, 0.6) is 0 Å². The summed E-state index contributed by atoms with van der Waals surface area (Å²) in [5, 5.41) is 0.288. The van der Waals surface area contributed by atoms with Crippen molar-refractivity contribution >= 4 is 40.0 Å². The second-order valence-corrected chi connectivity index (χ2v) is 5.72. The molecule has 0 heterocycles. The van der Waals surface area contributed by atoms with E-state index in [1.807, 2.05) is 19.1 Å². The first-order valence-electron chi connectivity index (χ1n) is 5.72. The molecule has 4 heteroatoms. The highest BCUT2D eigenvalue weighted by Gasteiger charge is 2.16. The van der Waals surface area contributed by atoms with Crippen molar-refractivity contribution in [3.05, 3.63) is 67.5 Å². The summed E-state index contributed by atoms with van der Waals surface area (Å²) < 4.78 is 14.6. The average molecular weight is 389 g/mol. The molecule has 0 unspecified atom stereocenters. The molecule has 1 nitrogen and oxygen atoms in total. The molecular formula is C15H11ClFIO. The molecule has 0 radical (unpaired) electrons. The van der Waals surface area contributed by atoms with Crippen LogP contribution in [-0.4, -0.2) is 5.78 Å². The molecule has 0 aromatic heterocycles. The van der Waals surface area contributed by atoms with Gasteiger partial charge in [-0.05, 0) is 47.2 Å². The minimum absolute atomic E-state index is 0.0229. The number of carbonyl (C=O) groups excluding carboxylic acids is 1. The first kappa shape index (κ1) is 14.5. The van der Waals surface area contributed by atoms with Gasteiger partial charge in [0.1, 0.15) is 5.82 Å². The average Bonchev–Trinajstić information content (AvgIpc) is 2.37. The van der Waals surface area contributed by atoms with E-state index in [2.05, 4.69) is 22.6 Å². The third kappa shape index (κ3) is 3.15. The lowest BCUT2D eigenvalue weighted by Crippen LogP contribution is -2.08. The van der Waals surface area contributed by atoms with Crippen molar-refractivity contribution in [3.63, 3.8) is 0 Å². The molecule has 0 N–H and O–H groups in total. The summed E-state index contributed by atoms with van der Waals surface area (Å²) in [5.74, 6) is -0.566. The van der Waals surface area contributed by atoms with Gasteiger partial charge in [0.05, 0.1) is 0 Å². The Balaban J connectivity index is 2.34. The standard InChI is InChI=1S/C15H11ClFIO/c1-9-4-2-5-10(15(9)18)14(19)8-11-12(16)6-3-7-13(11)17/h2-7H,8H2,1H3. The predicted molar refractivity (Wildman–Crippen MR) is 83.3 cm³/mol. The van der Waals surface area contributed by atoms with Gasteiger partial charge in [-0.1, -0.05) is 35.9 Å². The van der Waals surface area contributed by atoms with E-state index in [-0.39, 0.29) is 22.8 Å². The number of ketones is 1. The van der Waals surface area contributed by atoms with Crippen LogP contribution >= 0.6 is 34.2 Å². The molecule has 0 aliphatic heterocycles. The highest BCUT2D eigenvalue weighted by atomic mass is 127. The molecule has 98 valence electrons. The van der Waals surface area contributed by atoms with Gasteiger partial charge in [-0.15, -0.1) is 0 Å². The molecule has 0 bridgehead atoms. The van der Waals surface area contributed by atoms with Crippen LogP contribution in [0.4, 0.5) is 4.39 Å². The molecule has 2 aromatic rings. The van der Waals surface area contributed by atoms with Crippen molar-refractivity contribution in [1.82, 2.24) is 0 Å². The van der Waals surface area contributed by atoms with Gasteiger partial charge in [-0.25, -0.2) is 4.39 Å². The second-order valence-electron chi connectivity index (χ2n) is 4.24. The van der Waals surface area contributed by atoms with E-state index in [0.717, 1.165) is 9.13 Å². The van der Waals surface area contributed by atoms with Crippen molar-refractivity contribution in [2.45, 2.75) is 13.3 Å². The fraction of sp³-hybridized carbons (Fsp3) is 0.133. The van der Waals surface area contributed by atoms with Gasteiger partial charge in [-0.3, -0.25) is 4.79 Å². The van der Waals surface area contributed by atoms with Crippen LogP contribution in [0.3, 0.4) is 0 Å². The Bertz CT molecular complexity index is 620. The summed E-state index contributed by atoms with van der Waals surface area (Å²) in [5.41, 5.74) is 1.90. The van der Waals surface area contributed by atoms with E-state index in [4.69, 9.17) is 11.6 Å².